The van der Waals surface area contributed by atoms with Gasteiger partial charge in [0.2, 0.25) is 0 Å². The van der Waals surface area contributed by atoms with E-state index in [4.69, 9.17) is 13.9 Å². The van der Waals surface area contributed by atoms with Crippen LogP contribution in [0, 0.1) is 17.0 Å². The third kappa shape index (κ3) is 3.60. The van der Waals surface area contributed by atoms with Gasteiger partial charge in [0.05, 0.1) is 31.8 Å². The molecule has 0 unspecified atom stereocenters. The molecule has 122 valence electrons. The van der Waals surface area contributed by atoms with Crippen molar-refractivity contribution in [2.75, 3.05) is 14.2 Å². The number of nitro groups is 1. The molecular weight excluding hydrogens is 304 g/mol. The molecule has 0 saturated heterocycles. The van der Waals surface area contributed by atoms with Crippen LogP contribution in [0.1, 0.15) is 21.9 Å². The van der Waals surface area contributed by atoms with Gasteiger partial charge in [-0.1, -0.05) is 0 Å². The van der Waals surface area contributed by atoms with Crippen molar-refractivity contribution in [1.29, 1.82) is 0 Å². The van der Waals surface area contributed by atoms with E-state index in [1.807, 2.05) is 0 Å². The van der Waals surface area contributed by atoms with Crippen molar-refractivity contribution in [2.45, 2.75) is 13.5 Å². The van der Waals surface area contributed by atoms with Gasteiger partial charge in [-0.3, -0.25) is 14.9 Å². The molecule has 0 radical (unpaired) electrons. The van der Waals surface area contributed by atoms with E-state index in [9.17, 15) is 14.9 Å². The predicted octanol–water partition coefficient (Wildman–Crippen LogP) is 2.44. The molecule has 2 aromatic rings. The van der Waals surface area contributed by atoms with Gasteiger partial charge in [0.1, 0.15) is 17.1 Å². The maximum absolute atomic E-state index is 12.3. The summed E-state index contributed by atoms with van der Waals surface area (Å²) in [6.07, 6.45) is 0. The second-order valence-corrected chi connectivity index (χ2v) is 4.68. The van der Waals surface area contributed by atoms with E-state index in [0.29, 0.717) is 11.5 Å². The summed E-state index contributed by atoms with van der Waals surface area (Å²) in [7, 11) is 2.75. The maximum Gasteiger partial charge on any atom is 0.286 e. The summed E-state index contributed by atoms with van der Waals surface area (Å²) in [4.78, 5) is 22.8. The molecule has 1 amide bonds. The first kappa shape index (κ1) is 16.3. The molecule has 23 heavy (non-hydrogen) atoms. The quantitative estimate of drug-likeness (QED) is 0.647. The summed E-state index contributed by atoms with van der Waals surface area (Å²) in [6, 6.07) is 5.92. The van der Waals surface area contributed by atoms with E-state index in [2.05, 4.69) is 5.32 Å². The van der Waals surface area contributed by atoms with Crippen LogP contribution in [0.4, 0.5) is 5.69 Å². The molecule has 0 spiro atoms. The Morgan fingerprint density at radius 1 is 1.26 bits per heavy atom. The van der Waals surface area contributed by atoms with Crippen LogP contribution in [0.15, 0.2) is 28.7 Å². The largest absolute Gasteiger partial charge is 0.493 e. The molecule has 1 heterocycles. The van der Waals surface area contributed by atoms with Crippen LogP contribution in [-0.4, -0.2) is 25.1 Å². The van der Waals surface area contributed by atoms with Crippen molar-refractivity contribution < 1.29 is 23.6 Å². The zero-order valence-electron chi connectivity index (χ0n) is 12.9. The van der Waals surface area contributed by atoms with E-state index < -0.39 is 10.8 Å². The maximum atomic E-state index is 12.3. The molecule has 2 rings (SSSR count). The normalized spacial score (nSPS) is 10.2. The highest BCUT2D eigenvalue weighted by atomic mass is 16.6. The van der Waals surface area contributed by atoms with Gasteiger partial charge in [-0.05, 0) is 19.1 Å². The fourth-order valence-electron chi connectivity index (χ4n) is 2.04. The Morgan fingerprint density at radius 3 is 2.43 bits per heavy atom. The van der Waals surface area contributed by atoms with Gasteiger partial charge in [0, 0.05) is 6.07 Å². The molecule has 0 fully saturated rings. The number of hydrogen-bond donors (Lipinski definition) is 1. The summed E-state index contributed by atoms with van der Waals surface area (Å²) in [5, 5.41) is 13.8. The van der Waals surface area contributed by atoms with Gasteiger partial charge in [0.15, 0.2) is 11.5 Å². The van der Waals surface area contributed by atoms with Gasteiger partial charge in [-0.15, -0.1) is 0 Å². The second-order valence-electron chi connectivity index (χ2n) is 4.68. The molecule has 0 atom stereocenters. The molecule has 0 aliphatic heterocycles. The second kappa shape index (κ2) is 6.82. The smallest absolute Gasteiger partial charge is 0.286 e. The Kier molecular flexibility index (Phi) is 4.85. The fourth-order valence-corrected chi connectivity index (χ4v) is 2.04. The first-order valence-electron chi connectivity index (χ1n) is 6.70. The number of rotatable bonds is 6. The average Bonchev–Trinajstić information content (AvgIpc) is 2.96. The molecular formula is C15H16N2O6. The molecule has 1 aromatic heterocycles. The standard InChI is InChI=1S/C15H16N2O6/c1-9-4-5-10(23-9)8-16-15(18)11-6-13(21-2)14(22-3)7-12(11)17(19)20/h4-7H,8H2,1-3H3,(H,16,18). The summed E-state index contributed by atoms with van der Waals surface area (Å²) in [5.41, 5.74) is -0.480. The predicted molar refractivity (Wildman–Crippen MR) is 80.8 cm³/mol. The number of carbonyl (C=O) groups excluding carboxylic acids is 1. The van der Waals surface area contributed by atoms with Crippen LogP contribution in [0.5, 0.6) is 11.5 Å². The van der Waals surface area contributed by atoms with E-state index >= 15 is 0 Å². The summed E-state index contributed by atoms with van der Waals surface area (Å²) in [5.74, 6) is 1.08. The lowest BCUT2D eigenvalue weighted by molar-refractivity contribution is -0.385. The Hall–Kier alpha value is -3.03. The van der Waals surface area contributed by atoms with Crippen molar-refractivity contribution >= 4 is 11.6 Å². The van der Waals surface area contributed by atoms with Gasteiger partial charge in [-0.25, -0.2) is 0 Å². The first-order valence-corrected chi connectivity index (χ1v) is 6.70. The van der Waals surface area contributed by atoms with Crippen LogP contribution in [0.2, 0.25) is 0 Å². The van der Waals surface area contributed by atoms with E-state index in [1.54, 1.807) is 19.1 Å². The number of methoxy groups -OCH3 is 2. The minimum absolute atomic E-state index is 0.115. The number of amides is 1. The number of carbonyl (C=O) groups is 1. The van der Waals surface area contributed by atoms with Crippen molar-refractivity contribution in [3.05, 3.63) is 51.5 Å². The van der Waals surface area contributed by atoms with Crippen molar-refractivity contribution in [1.82, 2.24) is 5.32 Å². The molecule has 8 nitrogen and oxygen atoms in total. The van der Waals surface area contributed by atoms with Gasteiger partial charge < -0.3 is 19.2 Å². The monoisotopic (exact) mass is 320 g/mol. The van der Waals surface area contributed by atoms with Crippen molar-refractivity contribution in [3.8, 4) is 11.5 Å². The molecule has 8 heteroatoms. The van der Waals surface area contributed by atoms with Crippen LogP contribution >= 0.6 is 0 Å². The Morgan fingerprint density at radius 2 is 1.91 bits per heavy atom. The van der Waals surface area contributed by atoms with Crippen LogP contribution in [-0.2, 0) is 6.54 Å². The number of nitrogens with zero attached hydrogens (tertiary/aromatic N) is 1. The number of furan rings is 1. The number of benzene rings is 1. The highest BCUT2D eigenvalue weighted by Gasteiger charge is 2.24. The number of nitrogens with one attached hydrogen (secondary N) is 1. The topological polar surface area (TPSA) is 104 Å². The van der Waals surface area contributed by atoms with Crippen molar-refractivity contribution in [3.63, 3.8) is 0 Å². The van der Waals surface area contributed by atoms with Gasteiger partial charge in [-0.2, -0.15) is 0 Å². The molecule has 1 aromatic carbocycles. The first-order chi connectivity index (χ1) is 11.0. The zero-order chi connectivity index (χ0) is 17.0. The zero-order valence-corrected chi connectivity index (χ0v) is 12.9. The molecule has 1 N–H and O–H groups in total. The number of hydrogen-bond acceptors (Lipinski definition) is 6. The average molecular weight is 320 g/mol. The SMILES string of the molecule is COc1cc(C(=O)NCc2ccc(C)o2)c([N+](=O)[O-])cc1OC. The number of ether oxygens (including phenoxy) is 2. The lowest BCUT2D eigenvalue weighted by Gasteiger charge is -2.10. The van der Waals surface area contributed by atoms with Crippen molar-refractivity contribution in [2.24, 2.45) is 0 Å². The van der Waals surface area contributed by atoms with Crippen LogP contribution in [0.3, 0.4) is 0 Å². The highest BCUT2D eigenvalue weighted by Crippen LogP contribution is 2.34. The lowest BCUT2D eigenvalue weighted by Crippen LogP contribution is -2.23. The number of aryl methyl sites for hydroxylation is 1. The third-order valence-electron chi connectivity index (χ3n) is 3.16. The fraction of sp³-hybridized carbons (Fsp3) is 0.267. The van der Waals surface area contributed by atoms with E-state index in [-0.39, 0.29) is 29.3 Å². The van der Waals surface area contributed by atoms with Gasteiger partial charge >= 0.3 is 0 Å². The van der Waals surface area contributed by atoms with Crippen LogP contribution < -0.4 is 14.8 Å². The van der Waals surface area contributed by atoms with Gasteiger partial charge in [0.25, 0.3) is 11.6 Å². The van der Waals surface area contributed by atoms with E-state index in [1.165, 1.54) is 20.3 Å². The summed E-state index contributed by atoms with van der Waals surface area (Å²) < 4.78 is 15.4. The molecule has 0 aliphatic rings. The lowest BCUT2D eigenvalue weighted by atomic mass is 10.1. The Bertz CT molecular complexity index is 738. The molecule has 0 aliphatic carbocycles. The minimum Gasteiger partial charge on any atom is -0.493 e. The molecule has 0 bridgehead atoms. The minimum atomic E-state index is -0.645. The van der Waals surface area contributed by atoms with E-state index in [0.717, 1.165) is 6.07 Å². The third-order valence-corrected chi connectivity index (χ3v) is 3.16. The van der Waals surface area contributed by atoms with Crippen LogP contribution in [0.25, 0.3) is 0 Å². The highest BCUT2D eigenvalue weighted by molar-refractivity contribution is 5.99. The summed E-state index contributed by atoms with van der Waals surface area (Å²) >= 11 is 0. The summed E-state index contributed by atoms with van der Waals surface area (Å²) in [6.45, 7) is 1.91. The Labute approximate surface area is 132 Å². The number of nitro benzene ring substituents is 1. The Balaban J connectivity index is 2.28. The molecule has 0 saturated carbocycles.